The van der Waals surface area contributed by atoms with Crippen LogP contribution in [0.25, 0.3) is 0 Å². The monoisotopic (exact) mass is 557 g/mol. The Hall–Kier alpha value is -0.430. The predicted molar refractivity (Wildman–Crippen MR) is 133 cm³/mol. The highest BCUT2D eigenvalue weighted by Gasteiger charge is 2.19. The van der Waals surface area contributed by atoms with Gasteiger partial charge in [-0.25, -0.2) is 17.7 Å². The lowest BCUT2D eigenvalue weighted by molar-refractivity contribution is 0.282. The zero-order valence-electron chi connectivity index (χ0n) is 17.8. The van der Waals surface area contributed by atoms with E-state index in [-0.39, 0.29) is 24.0 Å². The smallest absolute Gasteiger partial charge is 0.252 e. The average molecular weight is 558 g/mol. The number of likely N-dealkylation sites (tertiary alicyclic amines) is 1. The van der Waals surface area contributed by atoms with Crippen LogP contribution >= 0.6 is 35.3 Å². The van der Waals surface area contributed by atoms with E-state index in [9.17, 15) is 8.42 Å². The molecule has 1 aromatic heterocycles. The van der Waals surface area contributed by atoms with Crippen LogP contribution in [-0.2, 0) is 16.6 Å². The molecule has 0 aromatic carbocycles. The molecule has 1 aliphatic heterocycles. The quantitative estimate of drug-likeness (QED) is 0.211. The van der Waals surface area contributed by atoms with Crippen molar-refractivity contribution >= 4 is 51.3 Å². The highest BCUT2D eigenvalue weighted by Crippen LogP contribution is 2.24. The Morgan fingerprint density at radius 2 is 1.86 bits per heavy atom. The Morgan fingerprint density at radius 1 is 1.17 bits per heavy atom. The fraction of sp³-hybridized carbons (Fsp3) is 0.737. The SMILES string of the molecule is CCNC(=NCc1ccc(S(=O)(=O)N(C)C)s1)NCCCN1CCCCCC1.I. The van der Waals surface area contributed by atoms with E-state index >= 15 is 0 Å². The van der Waals surface area contributed by atoms with Crippen LogP contribution in [0.5, 0.6) is 0 Å². The molecule has 0 bridgehead atoms. The maximum Gasteiger partial charge on any atom is 0.252 e. The molecule has 7 nitrogen and oxygen atoms in total. The van der Waals surface area contributed by atoms with E-state index in [1.54, 1.807) is 20.2 Å². The lowest BCUT2D eigenvalue weighted by Gasteiger charge is -2.20. The molecule has 0 unspecified atom stereocenters. The summed E-state index contributed by atoms with van der Waals surface area (Å²) in [7, 11) is -0.274. The summed E-state index contributed by atoms with van der Waals surface area (Å²) >= 11 is 1.28. The summed E-state index contributed by atoms with van der Waals surface area (Å²) < 4.78 is 26.0. The first-order valence-corrected chi connectivity index (χ1v) is 12.4. The molecule has 0 amide bonds. The number of hydrogen-bond donors (Lipinski definition) is 2. The third-order valence-electron chi connectivity index (χ3n) is 4.75. The van der Waals surface area contributed by atoms with Gasteiger partial charge in [0, 0.05) is 32.1 Å². The lowest BCUT2D eigenvalue weighted by Crippen LogP contribution is -2.38. The van der Waals surface area contributed by atoms with Crippen LogP contribution < -0.4 is 10.6 Å². The van der Waals surface area contributed by atoms with Gasteiger partial charge < -0.3 is 15.5 Å². The largest absolute Gasteiger partial charge is 0.357 e. The highest BCUT2D eigenvalue weighted by atomic mass is 127. The van der Waals surface area contributed by atoms with Crippen molar-refractivity contribution in [3.8, 4) is 0 Å². The highest BCUT2D eigenvalue weighted by molar-refractivity contribution is 14.0. The number of halogens is 1. The summed E-state index contributed by atoms with van der Waals surface area (Å²) in [5.74, 6) is 0.781. The van der Waals surface area contributed by atoms with E-state index < -0.39 is 10.0 Å². The molecule has 0 radical (unpaired) electrons. The van der Waals surface area contributed by atoms with Crippen molar-refractivity contribution in [2.24, 2.45) is 4.99 Å². The molecule has 29 heavy (non-hydrogen) atoms. The predicted octanol–water partition coefficient (Wildman–Crippen LogP) is 2.94. The van der Waals surface area contributed by atoms with E-state index in [2.05, 4.69) is 20.5 Å². The first kappa shape index (κ1) is 26.6. The molecule has 1 aliphatic rings. The molecule has 2 rings (SSSR count). The van der Waals surface area contributed by atoms with Gasteiger partial charge in [0.05, 0.1) is 6.54 Å². The lowest BCUT2D eigenvalue weighted by atomic mass is 10.2. The van der Waals surface area contributed by atoms with Gasteiger partial charge >= 0.3 is 0 Å². The number of nitrogens with zero attached hydrogens (tertiary/aromatic N) is 3. The molecule has 0 saturated carbocycles. The second kappa shape index (κ2) is 13.8. The van der Waals surface area contributed by atoms with Gasteiger partial charge in [-0.15, -0.1) is 35.3 Å². The van der Waals surface area contributed by atoms with E-state index in [0.29, 0.717) is 10.8 Å². The van der Waals surface area contributed by atoms with E-state index in [1.807, 2.05) is 13.0 Å². The summed E-state index contributed by atoms with van der Waals surface area (Å²) in [5.41, 5.74) is 0. The Morgan fingerprint density at radius 3 is 2.48 bits per heavy atom. The second-order valence-corrected chi connectivity index (χ2v) is 10.8. The van der Waals surface area contributed by atoms with Crippen LogP contribution in [0.4, 0.5) is 0 Å². The van der Waals surface area contributed by atoms with Crippen LogP contribution in [0.1, 0.15) is 43.9 Å². The van der Waals surface area contributed by atoms with Gasteiger partial charge in [-0.05, 0) is 58.0 Å². The van der Waals surface area contributed by atoms with Gasteiger partial charge in [-0.3, -0.25) is 0 Å². The molecule has 1 fully saturated rings. The van der Waals surface area contributed by atoms with Crippen molar-refractivity contribution in [2.75, 3.05) is 46.8 Å². The second-order valence-electron chi connectivity index (χ2n) is 7.24. The van der Waals surface area contributed by atoms with Crippen molar-refractivity contribution in [3.63, 3.8) is 0 Å². The van der Waals surface area contributed by atoms with Crippen LogP contribution in [0.2, 0.25) is 0 Å². The van der Waals surface area contributed by atoms with Crippen LogP contribution in [0, 0.1) is 0 Å². The number of rotatable bonds is 9. The number of sulfonamides is 1. The minimum absolute atomic E-state index is 0. The number of nitrogens with one attached hydrogen (secondary N) is 2. The van der Waals surface area contributed by atoms with E-state index in [0.717, 1.165) is 36.9 Å². The van der Waals surface area contributed by atoms with Crippen LogP contribution in [-0.4, -0.2) is 70.4 Å². The maximum atomic E-state index is 12.2. The van der Waals surface area contributed by atoms with Gasteiger partial charge in [0.1, 0.15) is 4.21 Å². The Bertz CT molecular complexity index is 714. The number of guanidine groups is 1. The van der Waals surface area contributed by atoms with E-state index in [4.69, 9.17) is 0 Å². The first-order valence-electron chi connectivity index (χ1n) is 10.2. The number of thiophene rings is 1. The third-order valence-corrected chi connectivity index (χ3v) is 8.10. The van der Waals surface area contributed by atoms with Crippen molar-refractivity contribution < 1.29 is 8.42 Å². The van der Waals surface area contributed by atoms with Gasteiger partial charge in [0.2, 0.25) is 0 Å². The molecule has 1 aromatic rings. The van der Waals surface area contributed by atoms with Crippen molar-refractivity contribution in [1.29, 1.82) is 0 Å². The number of aliphatic imine (C=N–C) groups is 1. The zero-order chi connectivity index (χ0) is 20.4. The summed E-state index contributed by atoms with van der Waals surface area (Å²) in [4.78, 5) is 8.11. The van der Waals surface area contributed by atoms with Gasteiger partial charge in [-0.1, -0.05) is 12.8 Å². The molecule has 2 heterocycles. The molecule has 168 valence electrons. The standard InChI is InChI=1S/C19H35N5O2S2.HI/c1-4-20-19(21-12-9-15-24-13-7-5-6-8-14-24)22-16-17-10-11-18(27-17)28(25,26)23(2)3;/h10-11H,4-9,12-16H2,1-3H3,(H2,20,21,22);1H. The van der Waals surface area contributed by atoms with E-state index in [1.165, 1.54) is 54.4 Å². The molecule has 1 saturated heterocycles. The third kappa shape index (κ3) is 9.07. The zero-order valence-corrected chi connectivity index (χ0v) is 21.8. The molecular formula is C19H36IN5O2S2. The first-order chi connectivity index (χ1) is 13.4. The average Bonchev–Trinajstić information content (AvgIpc) is 3.00. The Labute approximate surface area is 197 Å². The summed E-state index contributed by atoms with van der Waals surface area (Å²) in [6.07, 6.45) is 6.47. The summed E-state index contributed by atoms with van der Waals surface area (Å²) in [6, 6.07) is 3.50. The van der Waals surface area contributed by atoms with Gasteiger partial charge in [0.25, 0.3) is 10.0 Å². The molecule has 2 N–H and O–H groups in total. The summed E-state index contributed by atoms with van der Waals surface area (Å²) in [6.45, 7) is 7.77. The van der Waals surface area contributed by atoms with Crippen molar-refractivity contribution in [3.05, 3.63) is 17.0 Å². The molecule has 0 atom stereocenters. The van der Waals surface area contributed by atoms with Crippen molar-refractivity contribution in [1.82, 2.24) is 19.8 Å². The number of hydrogen-bond acceptors (Lipinski definition) is 5. The van der Waals surface area contributed by atoms with Gasteiger partial charge in [0.15, 0.2) is 5.96 Å². The molecule has 10 heteroatoms. The molecular weight excluding hydrogens is 521 g/mol. The van der Waals surface area contributed by atoms with Crippen molar-refractivity contribution in [2.45, 2.75) is 49.8 Å². The van der Waals surface area contributed by atoms with Crippen LogP contribution in [0.15, 0.2) is 21.3 Å². The normalized spacial score (nSPS) is 16.3. The molecule has 0 spiro atoms. The van der Waals surface area contributed by atoms with Crippen LogP contribution in [0.3, 0.4) is 0 Å². The topological polar surface area (TPSA) is 77.0 Å². The fourth-order valence-electron chi connectivity index (χ4n) is 3.13. The molecule has 0 aliphatic carbocycles. The van der Waals surface area contributed by atoms with Gasteiger partial charge in [-0.2, -0.15) is 0 Å². The fourth-order valence-corrected chi connectivity index (χ4v) is 5.58. The maximum absolute atomic E-state index is 12.2. The minimum atomic E-state index is -3.37. The summed E-state index contributed by atoms with van der Waals surface area (Å²) in [5, 5.41) is 6.65. The Kier molecular flexibility index (Phi) is 12.7. The minimum Gasteiger partial charge on any atom is -0.357 e. The Balaban J connectivity index is 0.00000420.